The van der Waals surface area contributed by atoms with Crippen LogP contribution in [0.1, 0.15) is 50.3 Å². The van der Waals surface area contributed by atoms with E-state index in [4.69, 9.17) is 5.73 Å². The molecule has 0 aromatic heterocycles. The summed E-state index contributed by atoms with van der Waals surface area (Å²) in [7, 11) is 0. The van der Waals surface area contributed by atoms with Crippen molar-refractivity contribution in [3.8, 4) is 0 Å². The number of nitrogens with two attached hydrogens (primary N) is 1. The monoisotopic (exact) mass is 396 g/mol. The minimum Gasteiger partial charge on any atom is -0.369 e. The van der Waals surface area contributed by atoms with Gasteiger partial charge in [0.2, 0.25) is 11.0 Å². The largest absolute Gasteiger partial charge is 0.369 e. The topological polar surface area (TPSA) is 97.5 Å². The lowest BCUT2D eigenvalue weighted by atomic mass is 10.1. The molecule has 2 aromatic carbocycles. The van der Waals surface area contributed by atoms with Crippen LogP contribution in [0.4, 0.5) is 0 Å². The number of carbonyl (C=O) groups is 4. The van der Waals surface area contributed by atoms with Gasteiger partial charge in [0.15, 0.2) is 0 Å². The highest BCUT2D eigenvalue weighted by atomic mass is 32.2. The van der Waals surface area contributed by atoms with E-state index in [-0.39, 0.29) is 23.5 Å². The van der Waals surface area contributed by atoms with Crippen molar-refractivity contribution in [3.63, 3.8) is 0 Å². The standard InChI is InChI=1S/C21H20N2O4S/c22-18(24)17(28-21(27)14-8-2-1-3-9-14)12-6-7-13-23-19(25)15-10-4-5-11-16(15)20(23)26/h1-5,8-11,17H,6-7,12-13H2,(H2,22,24). The van der Waals surface area contributed by atoms with E-state index in [0.29, 0.717) is 36.0 Å². The summed E-state index contributed by atoms with van der Waals surface area (Å²) in [6, 6.07) is 15.5. The number of primary amides is 1. The summed E-state index contributed by atoms with van der Waals surface area (Å²) in [5.74, 6) is -1.13. The van der Waals surface area contributed by atoms with Crippen LogP contribution in [0.15, 0.2) is 54.6 Å². The summed E-state index contributed by atoms with van der Waals surface area (Å²) >= 11 is 0.919. The van der Waals surface area contributed by atoms with Crippen LogP contribution in [0.25, 0.3) is 0 Å². The zero-order valence-corrected chi connectivity index (χ0v) is 16.0. The molecule has 3 rings (SSSR count). The second kappa shape index (κ2) is 8.84. The molecule has 144 valence electrons. The van der Waals surface area contributed by atoms with E-state index in [2.05, 4.69) is 0 Å². The molecule has 1 aliphatic heterocycles. The molecule has 0 bridgehead atoms. The summed E-state index contributed by atoms with van der Waals surface area (Å²) in [5.41, 5.74) is 6.80. The predicted octanol–water partition coefficient (Wildman–Crippen LogP) is 2.88. The number of rotatable bonds is 8. The molecular weight excluding hydrogens is 376 g/mol. The quantitative estimate of drug-likeness (QED) is 0.547. The van der Waals surface area contributed by atoms with Gasteiger partial charge in [-0.05, 0) is 25.0 Å². The van der Waals surface area contributed by atoms with Crippen molar-refractivity contribution in [2.45, 2.75) is 24.5 Å². The Morgan fingerprint density at radius 2 is 1.46 bits per heavy atom. The number of hydrogen-bond acceptors (Lipinski definition) is 5. The van der Waals surface area contributed by atoms with Crippen LogP contribution in [-0.4, -0.2) is 39.5 Å². The van der Waals surface area contributed by atoms with Crippen LogP contribution in [-0.2, 0) is 4.79 Å². The van der Waals surface area contributed by atoms with Crippen molar-refractivity contribution in [1.82, 2.24) is 4.90 Å². The number of carbonyl (C=O) groups excluding carboxylic acids is 4. The maximum Gasteiger partial charge on any atom is 0.261 e. The van der Waals surface area contributed by atoms with Crippen molar-refractivity contribution >= 4 is 34.6 Å². The van der Waals surface area contributed by atoms with Gasteiger partial charge >= 0.3 is 0 Å². The third kappa shape index (κ3) is 4.31. The summed E-state index contributed by atoms with van der Waals surface area (Å²) in [4.78, 5) is 49.9. The van der Waals surface area contributed by atoms with Crippen LogP contribution < -0.4 is 5.73 Å². The number of nitrogens with zero attached hydrogens (tertiary/aromatic N) is 1. The Bertz CT molecular complexity index is 879. The van der Waals surface area contributed by atoms with Gasteiger partial charge in [0.1, 0.15) is 0 Å². The highest BCUT2D eigenvalue weighted by molar-refractivity contribution is 8.15. The molecule has 2 aromatic rings. The molecule has 28 heavy (non-hydrogen) atoms. The average molecular weight is 396 g/mol. The van der Waals surface area contributed by atoms with E-state index in [9.17, 15) is 19.2 Å². The fourth-order valence-corrected chi connectivity index (χ4v) is 4.00. The molecule has 0 saturated carbocycles. The van der Waals surface area contributed by atoms with E-state index in [1.54, 1.807) is 48.5 Å². The predicted molar refractivity (Wildman–Crippen MR) is 107 cm³/mol. The van der Waals surface area contributed by atoms with E-state index in [1.807, 2.05) is 6.07 Å². The molecule has 1 unspecified atom stereocenters. The first kappa shape index (κ1) is 19.8. The number of unbranched alkanes of at least 4 members (excludes halogenated alkanes) is 1. The molecule has 1 aliphatic rings. The second-order valence-corrected chi connectivity index (χ2v) is 7.64. The highest BCUT2D eigenvalue weighted by Crippen LogP contribution is 2.25. The number of fused-ring (bicyclic) bond motifs is 1. The molecular formula is C21H20N2O4S. The van der Waals surface area contributed by atoms with E-state index in [0.717, 1.165) is 11.8 Å². The van der Waals surface area contributed by atoms with Crippen molar-refractivity contribution in [1.29, 1.82) is 0 Å². The summed E-state index contributed by atoms with van der Waals surface area (Å²) < 4.78 is 0. The molecule has 6 nitrogen and oxygen atoms in total. The van der Waals surface area contributed by atoms with Gasteiger partial charge in [0.05, 0.1) is 16.4 Å². The van der Waals surface area contributed by atoms with Gasteiger partial charge in [-0.3, -0.25) is 24.1 Å². The van der Waals surface area contributed by atoms with Crippen LogP contribution in [0.2, 0.25) is 0 Å². The zero-order valence-electron chi connectivity index (χ0n) is 15.2. The van der Waals surface area contributed by atoms with Crippen molar-refractivity contribution in [2.75, 3.05) is 6.54 Å². The van der Waals surface area contributed by atoms with Crippen LogP contribution in [0.5, 0.6) is 0 Å². The van der Waals surface area contributed by atoms with E-state index < -0.39 is 11.2 Å². The Kier molecular flexibility index (Phi) is 6.26. The molecule has 0 aliphatic carbocycles. The molecule has 0 spiro atoms. The van der Waals surface area contributed by atoms with Crippen molar-refractivity contribution in [3.05, 3.63) is 71.3 Å². The fourth-order valence-electron chi connectivity index (χ4n) is 3.07. The summed E-state index contributed by atoms with van der Waals surface area (Å²) in [6.07, 6.45) is 1.51. The normalized spacial score (nSPS) is 14.1. The Morgan fingerprint density at radius 3 is 2.04 bits per heavy atom. The molecule has 0 fully saturated rings. The van der Waals surface area contributed by atoms with Crippen LogP contribution >= 0.6 is 11.8 Å². The van der Waals surface area contributed by atoms with Gasteiger partial charge in [-0.25, -0.2) is 0 Å². The third-order valence-electron chi connectivity index (χ3n) is 4.55. The Labute approximate surface area is 167 Å². The number of hydrogen-bond donors (Lipinski definition) is 1. The average Bonchev–Trinajstić information content (AvgIpc) is 2.95. The lowest BCUT2D eigenvalue weighted by molar-refractivity contribution is -0.117. The SMILES string of the molecule is NC(=O)C(CCCCN1C(=O)c2ccccc2C1=O)SC(=O)c1ccccc1. The maximum absolute atomic E-state index is 12.3. The minimum atomic E-state index is -0.644. The number of amides is 3. The Morgan fingerprint density at radius 1 is 0.893 bits per heavy atom. The molecule has 1 atom stereocenters. The molecule has 2 N–H and O–H groups in total. The van der Waals surface area contributed by atoms with E-state index in [1.165, 1.54) is 4.90 Å². The van der Waals surface area contributed by atoms with Crippen molar-refractivity contribution in [2.24, 2.45) is 5.73 Å². The summed E-state index contributed by atoms with van der Waals surface area (Å²) in [6.45, 7) is 0.273. The number of benzene rings is 2. The van der Waals surface area contributed by atoms with Gasteiger partial charge in [0, 0.05) is 12.1 Å². The van der Waals surface area contributed by atoms with Gasteiger partial charge in [-0.15, -0.1) is 0 Å². The molecule has 7 heteroatoms. The lowest BCUT2D eigenvalue weighted by Crippen LogP contribution is -2.31. The first-order chi connectivity index (χ1) is 13.5. The van der Waals surface area contributed by atoms with Gasteiger partial charge in [0.25, 0.3) is 11.8 Å². The Hall–Kier alpha value is -2.93. The molecule has 1 heterocycles. The zero-order chi connectivity index (χ0) is 20.1. The van der Waals surface area contributed by atoms with E-state index >= 15 is 0 Å². The first-order valence-corrected chi connectivity index (χ1v) is 9.87. The summed E-state index contributed by atoms with van der Waals surface area (Å²) in [5, 5.41) is -0.848. The third-order valence-corrected chi connectivity index (χ3v) is 5.75. The maximum atomic E-state index is 12.3. The highest BCUT2D eigenvalue weighted by Gasteiger charge is 2.34. The van der Waals surface area contributed by atoms with Gasteiger partial charge < -0.3 is 5.73 Å². The number of imide groups is 1. The van der Waals surface area contributed by atoms with Gasteiger partial charge in [-0.1, -0.05) is 60.6 Å². The Balaban J connectivity index is 1.51. The molecule has 0 radical (unpaired) electrons. The van der Waals surface area contributed by atoms with Gasteiger partial charge in [-0.2, -0.15) is 0 Å². The molecule has 0 saturated heterocycles. The lowest BCUT2D eigenvalue weighted by Gasteiger charge is -2.15. The minimum absolute atomic E-state index is 0.204. The van der Waals surface area contributed by atoms with Crippen LogP contribution in [0, 0.1) is 0 Å². The molecule has 3 amide bonds. The first-order valence-electron chi connectivity index (χ1n) is 8.99. The fraction of sp³-hybridized carbons (Fsp3) is 0.238. The second-order valence-electron chi connectivity index (χ2n) is 6.47. The van der Waals surface area contributed by atoms with Crippen LogP contribution in [0.3, 0.4) is 0 Å². The smallest absolute Gasteiger partial charge is 0.261 e. The number of thioether (sulfide) groups is 1. The van der Waals surface area contributed by atoms with Crippen molar-refractivity contribution < 1.29 is 19.2 Å².